The van der Waals surface area contributed by atoms with E-state index in [0.29, 0.717) is 15.6 Å². The van der Waals surface area contributed by atoms with Gasteiger partial charge in [0.15, 0.2) is 0 Å². The topological polar surface area (TPSA) is 90.0 Å². The molecule has 0 bridgehead atoms. The van der Waals surface area contributed by atoms with Gasteiger partial charge in [0.05, 0.1) is 22.3 Å². The third-order valence-electron chi connectivity index (χ3n) is 4.14. The van der Waals surface area contributed by atoms with Gasteiger partial charge >= 0.3 is 6.03 Å². The van der Waals surface area contributed by atoms with E-state index in [9.17, 15) is 9.90 Å². The summed E-state index contributed by atoms with van der Waals surface area (Å²) in [6.07, 6.45) is 3.44. The molecule has 6 nitrogen and oxygen atoms in total. The van der Waals surface area contributed by atoms with E-state index in [1.165, 1.54) is 0 Å². The number of hydrogen-bond acceptors (Lipinski definition) is 3. The van der Waals surface area contributed by atoms with Crippen LogP contribution in [0.4, 0.5) is 4.79 Å². The SMILES string of the molecule is O=C(NCC(O)c1ccc(Cl)c(Cl)c1)NC1CCc2[nH]ncc2C1. The zero-order valence-corrected chi connectivity index (χ0v) is 14.4. The number of aliphatic hydroxyl groups excluding tert-OH is 1. The number of carbonyl (C=O) groups is 1. The Labute approximate surface area is 149 Å². The van der Waals surface area contributed by atoms with Gasteiger partial charge in [-0.15, -0.1) is 0 Å². The Kier molecular flexibility index (Phi) is 5.28. The summed E-state index contributed by atoms with van der Waals surface area (Å²) in [7, 11) is 0. The zero-order valence-electron chi connectivity index (χ0n) is 12.9. The van der Waals surface area contributed by atoms with Crippen LogP contribution < -0.4 is 10.6 Å². The number of fused-ring (bicyclic) bond motifs is 1. The van der Waals surface area contributed by atoms with Crippen molar-refractivity contribution < 1.29 is 9.90 Å². The lowest BCUT2D eigenvalue weighted by atomic mass is 9.94. The Balaban J connectivity index is 1.48. The molecule has 3 rings (SSSR count). The number of halogens is 2. The minimum atomic E-state index is -0.850. The largest absolute Gasteiger partial charge is 0.387 e. The monoisotopic (exact) mass is 368 g/mol. The number of aliphatic hydroxyl groups is 1. The summed E-state index contributed by atoms with van der Waals surface area (Å²) >= 11 is 11.8. The van der Waals surface area contributed by atoms with Gasteiger partial charge in [0.2, 0.25) is 0 Å². The molecule has 8 heteroatoms. The van der Waals surface area contributed by atoms with Crippen molar-refractivity contribution in [3.63, 3.8) is 0 Å². The van der Waals surface area contributed by atoms with Crippen molar-refractivity contribution in [2.24, 2.45) is 0 Å². The smallest absolute Gasteiger partial charge is 0.315 e. The average Bonchev–Trinajstić information content (AvgIpc) is 3.03. The van der Waals surface area contributed by atoms with Crippen molar-refractivity contribution in [1.82, 2.24) is 20.8 Å². The number of carbonyl (C=O) groups excluding carboxylic acids is 1. The van der Waals surface area contributed by atoms with Gasteiger partial charge in [-0.05, 0) is 42.5 Å². The number of nitrogens with zero attached hydrogens (tertiary/aromatic N) is 1. The molecule has 0 aliphatic heterocycles. The Bertz CT molecular complexity index is 735. The Morgan fingerprint density at radius 2 is 2.25 bits per heavy atom. The van der Waals surface area contributed by atoms with Crippen LogP contribution in [0.15, 0.2) is 24.4 Å². The molecule has 1 aliphatic carbocycles. The van der Waals surface area contributed by atoms with E-state index in [2.05, 4.69) is 20.8 Å². The third-order valence-corrected chi connectivity index (χ3v) is 4.88. The quantitative estimate of drug-likeness (QED) is 0.668. The third kappa shape index (κ3) is 4.01. The molecule has 128 valence electrons. The van der Waals surface area contributed by atoms with Crippen LogP contribution >= 0.6 is 23.2 Å². The molecule has 24 heavy (non-hydrogen) atoms. The highest BCUT2D eigenvalue weighted by Crippen LogP contribution is 2.25. The van der Waals surface area contributed by atoms with Crippen LogP contribution in [0.5, 0.6) is 0 Å². The van der Waals surface area contributed by atoms with E-state index in [1.807, 2.05) is 0 Å². The summed E-state index contributed by atoms with van der Waals surface area (Å²) in [4.78, 5) is 12.0. The molecule has 0 radical (unpaired) electrons. The van der Waals surface area contributed by atoms with Gasteiger partial charge in [-0.25, -0.2) is 4.79 Å². The fourth-order valence-electron chi connectivity index (χ4n) is 2.80. The fraction of sp³-hybridized carbons (Fsp3) is 0.375. The summed E-state index contributed by atoms with van der Waals surface area (Å²) in [6, 6.07) is 4.66. The molecule has 1 aromatic heterocycles. The highest BCUT2D eigenvalue weighted by Gasteiger charge is 2.21. The van der Waals surface area contributed by atoms with Gasteiger partial charge in [-0.2, -0.15) is 5.10 Å². The fourth-order valence-corrected chi connectivity index (χ4v) is 3.11. The maximum absolute atomic E-state index is 12.0. The van der Waals surface area contributed by atoms with E-state index < -0.39 is 6.10 Å². The maximum Gasteiger partial charge on any atom is 0.315 e. The van der Waals surface area contributed by atoms with Gasteiger partial charge in [-0.1, -0.05) is 29.3 Å². The highest BCUT2D eigenvalue weighted by molar-refractivity contribution is 6.42. The van der Waals surface area contributed by atoms with E-state index in [-0.39, 0.29) is 18.6 Å². The molecular formula is C16H18Cl2N4O2. The number of aryl methyl sites for hydroxylation is 1. The molecule has 1 aromatic carbocycles. The van der Waals surface area contributed by atoms with Gasteiger partial charge in [0.1, 0.15) is 0 Å². The second kappa shape index (κ2) is 7.42. The number of rotatable bonds is 4. The van der Waals surface area contributed by atoms with Crippen molar-refractivity contribution in [2.75, 3.05) is 6.54 Å². The summed E-state index contributed by atoms with van der Waals surface area (Å²) in [5, 5.41) is 23.5. The number of hydrogen-bond donors (Lipinski definition) is 4. The molecular weight excluding hydrogens is 351 g/mol. The first kappa shape index (κ1) is 17.1. The summed E-state index contributed by atoms with van der Waals surface area (Å²) in [5.74, 6) is 0. The summed E-state index contributed by atoms with van der Waals surface area (Å²) < 4.78 is 0. The standard InChI is InChI=1S/C16H18Cl2N4O2/c17-12-3-1-9(6-13(12)18)15(23)8-19-16(24)21-11-2-4-14-10(5-11)7-20-22-14/h1,3,6-7,11,15,23H,2,4-5,8H2,(H,20,22)(H2,19,21,24). The van der Waals surface area contributed by atoms with Gasteiger partial charge in [0.25, 0.3) is 0 Å². The summed E-state index contributed by atoms with van der Waals surface area (Å²) in [5.41, 5.74) is 2.89. The molecule has 2 atom stereocenters. The molecule has 0 saturated carbocycles. The Morgan fingerprint density at radius 1 is 1.42 bits per heavy atom. The molecule has 1 aliphatic rings. The van der Waals surface area contributed by atoms with Crippen LogP contribution in [0.3, 0.4) is 0 Å². The maximum atomic E-state index is 12.0. The van der Waals surface area contributed by atoms with Crippen molar-refractivity contribution in [1.29, 1.82) is 0 Å². The molecule has 2 amide bonds. The van der Waals surface area contributed by atoms with Crippen molar-refractivity contribution in [3.05, 3.63) is 51.3 Å². The van der Waals surface area contributed by atoms with Crippen molar-refractivity contribution in [3.8, 4) is 0 Å². The van der Waals surface area contributed by atoms with Crippen LogP contribution in [-0.4, -0.2) is 33.9 Å². The molecule has 0 saturated heterocycles. The van der Waals surface area contributed by atoms with Crippen LogP contribution in [0.25, 0.3) is 0 Å². The van der Waals surface area contributed by atoms with Crippen molar-refractivity contribution in [2.45, 2.75) is 31.4 Å². The van der Waals surface area contributed by atoms with Gasteiger partial charge < -0.3 is 15.7 Å². The first-order valence-electron chi connectivity index (χ1n) is 7.71. The Hall–Kier alpha value is -1.76. The lowest BCUT2D eigenvalue weighted by Crippen LogP contribution is -2.45. The average molecular weight is 369 g/mol. The normalized spacial score (nSPS) is 17.9. The van der Waals surface area contributed by atoms with E-state index in [0.717, 1.165) is 30.5 Å². The van der Waals surface area contributed by atoms with E-state index in [4.69, 9.17) is 23.2 Å². The van der Waals surface area contributed by atoms with Crippen LogP contribution in [0, 0.1) is 0 Å². The first-order chi connectivity index (χ1) is 11.5. The van der Waals surface area contributed by atoms with Crippen molar-refractivity contribution >= 4 is 29.2 Å². The lowest BCUT2D eigenvalue weighted by molar-refractivity contribution is 0.172. The number of nitrogens with one attached hydrogen (secondary N) is 3. The molecule has 0 fully saturated rings. The molecule has 1 heterocycles. The minimum Gasteiger partial charge on any atom is -0.387 e. The zero-order chi connectivity index (χ0) is 17.1. The minimum absolute atomic E-state index is 0.0669. The molecule has 2 unspecified atom stereocenters. The van der Waals surface area contributed by atoms with E-state index in [1.54, 1.807) is 24.4 Å². The molecule has 2 aromatic rings. The predicted molar refractivity (Wildman–Crippen MR) is 92.4 cm³/mol. The highest BCUT2D eigenvalue weighted by atomic mass is 35.5. The Morgan fingerprint density at radius 3 is 3.04 bits per heavy atom. The van der Waals surface area contributed by atoms with E-state index >= 15 is 0 Å². The second-order valence-corrected chi connectivity index (χ2v) is 6.67. The van der Waals surface area contributed by atoms with Gasteiger partial charge in [0, 0.05) is 18.3 Å². The number of aromatic amines is 1. The number of amides is 2. The first-order valence-corrected chi connectivity index (χ1v) is 8.47. The number of aromatic nitrogens is 2. The lowest BCUT2D eigenvalue weighted by Gasteiger charge is -2.23. The van der Waals surface area contributed by atoms with Crippen LogP contribution in [-0.2, 0) is 12.8 Å². The number of benzene rings is 1. The summed E-state index contributed by atoms with van der Waals surface area (Å²) in [6.45, 7) is 0.0907. The molecule has 4 N–H and O–H groups in total. The number of urea groups is 1. The van der Waals surface area contributed by atoms with Crippen LogP contribution in [0.1, 0.15) is 29.3 Å². The second-order valence-electron chi connectivity index (χ2n) is 5.86. The molecule has 0 spiro atoms. The van der Waals surface area contributed by atoms with Crippen LogP contribution in [0.2, 0.25) is 10.0 Å². The van der Waals surface area contributed by atoms with Gasteiger partial charge in [-0.3, -0.25) is 5.10 Å². The number of H-pyrrole nitrogens is 1. The predicted octanol–water partition coefficient (Wildman–Crippen LogP) is 2.61.